The summed E-state index contributed by atoms with van der Waals surface area (Å²) in [5.74, 6) is 0. The average molecular weight is 826 g/mol. The zero-order chi connectivity index (χ0) is 42.6. The Morgan fingerprint density at radius 3 is 0.923 bits per heavy atom. The lowest BCUT2D eigenvalue weighted by molar-refractivity contribution is 1.18. The van der Waals surface area contributed by atoms with Crippen molar-refractivity contribution in [2.45, 2.75) is 0 Å². The van der Waals surface area contributed by atoms with Crippen LogP contribution in [0.5, 0.6) is 0 Å². The Bertz CT molecular complexity index is 3960. The van der Waals surface area contributed by atoms with Gasteiger partial charge in [-0.3, -0.25) is 0 Å². The van der Waals surface area contributed by atoms with Gasteiger partial charge in [0.25, 0.3) is 0 Å². The summed E-state index contributed by atoms with van der Waals surface area (Å²) in [6, 6.07) is 87.1. The lowest BCUT2D eigenvalue weighted by Crippen LogP contribution is -1.97. The smallest absolute Gasteiger partial charge is 0.0618 e. The Morgan fingerprint density at radius 1 is 0.200 bits per heavy atom. The number of para-hydroxylation sites is 4. The highest BCUT2D eigenvalue weighted by molar-refractivity contribution is 6.17. The van der Waals surface area contributed by atoms with Crippen LogP contribution in [0.2, 0.25) is 0 Å². The molecule has 65 heavy (non-hydrogen) atoms. The summed E-state index contributed by atoms with van der Waals surface area (Å²) in [7, 11) is 0. The minimum atomic E-state index is 1.17. The van der Waals surface area contributed by atoms with Crippen molar-refractivity contribution in [2.75, 3.05) is 0 Å². The second-order valence-electron chi connectivity index (χ2n) is 17.3. The van der Waals surface area contributed by atoms with Crippen LogP contribution >= 0.6 is 0 Å². The van der Waals surface area contributed by atoms with Crippen molar-refractivity contribution in [3.05, 3.63) is 237 Å². The lowest BCUT2D eigenvalue weighted by Gasteiger charge is -2.16. The summed E-state index contributed by atoms with van der Waals surface area (Å²) < 4.78 is 7.30. The largest absolute Gasteiger partial charge is 0.309 e. The summed E-state index contributed by atoms with van der Waals surface area (Å²) in [5, 5.41) is 12.4. The molecule has 3 nitrogen and oxygen atoms in total. The zero-order valence-electron chi connectivity index (χ0n) is 35.4. The van der Waals surface area contributed by atoms with E-state index < -0.39 is 0 Å². The van der Waals surface area contributed by atoms with Crippen LogP contribution < -0.4 is 0 Å². The summed E-state index contributed by atoms with van der Waals surface area (Å²) in [6.07, 6.45) is 0. The summed E-state index contributed by atoms with van der Waals surface area (Å²) in [6.45, 7) is 0. The molecule has 0 saturated carbocycles. The molecule has 0 aliphatic rings. The predicted octanol–water partition coefficient (Wildman–Crippen LogP) is 16.6. The Kier molecular flexibility index (Phi) is 7.69. The van der Waals surface area contributed by atoms with Gasteiger partial charge in [-0.25, -0.2) is 0 Å². The van der Waals surface area contributed by atoms with Crippen LogP contribution in [0.1, 0.15) is 0 Å². The first-order chi connectivity index (χ1) is 32.2. The van der Waals surface area contributed by atoms with Gasteiger partial charge in [0.05, 0.1) is 38.8 Å². The third kappa shape index (κ3) is 5.36. The van der Waals surface area contributed by atoms with Crippen molar-refractivity contribution < 1.29 is 0 Å². The number of hydrogen-bond donors (Lipinski definition) is 0. The Hall–Kier alpha value is -8.66. The number of aromatic nitrogens is 3. The van der Waals surface area contributed by atoms with Gasteiger partial charge >= 0.3 is 0 Å². The molecule has 0 spiro atoms. The first-order valence-corrected chi connectivity index (χ1v) is 22.4. The van der Waals surface area contributed by atoms with Crippen molar-refractivity contribution in [2.24, 2.45) is 0 Å². The SMILES string of the molecule is c1ccc(-n2c3ccccc3c3cc(-c4ccc5c(c4)c4cc(-c6ccc7c(c6)c6ccccc6n7-c6ccccc6)ccc4n5-c4c5ccccc5cc5ccccc45)ccc32)cc1. The monoisotopic (exact) mass is 825 g/mol. The van der Waals surface area contributed by atoms with E-state index in [1.54, 1.807) is 0 Å². The van der Waals surface area contributed by atoms with E-state index in [1.165, 1.54) is 126 Å². The molecule has 0 radical (unpaired) electrons. The fourth-order valence-electron chi connectivity index (χ4n) is 10.9. The van der Waals surface area contributed by atoms with E-state index in [-0.39, 0.29) is 0 Å². The van der Waals surface area contributed by atoms with Gasteiger partial charge in [0, 0.05) is 54.5 Å². The molecule has 14 rings (SSSR count). The molecule has 302 valence electrons. The molecule has 3 heteroatoms. The average Bonchev–Trinajstić information content (AvgIpc) is 4.00. The van der Waals surface area contributed by atoms with Gasteiger partial charge in [-0.05, 0) is 124 Å². The number of hydrogen-bond acceptors (Lipinski definition) is 0. The molecular weight excluding hydrogens is 787 g/mol. The predicted molar refractivity (Wildman–Crippen MR) is 275 cm³/mol. The summed E-state index contributed by atoms with van der Waals surface area (Å²) in [5.41, 5.74) is 15.5. The standard InChI is InChI=1S/C62H39N3/c1-3-17-46(18-4-1)63-56-25-13-11-23-50(56)52-36-40(27-31-58(52)63)42-29-33-60-54(38-42)55-39-43(30-34-61(55)65(60)62-48-21-9-7-15-44(48)35-45-16-8-10-22-49(45)62)41-28-32-59-53(37-41)51-24-12-14-26-57(51)64(59)47-19-5-2-6-20-47/h1-39H. The molecule has 0 saturated heterocycles. The van der Waals surface area contributed by atoms with Crippen LogP contribution in [0.25, 0.3) is 126 Å². The van der Waals surface area contributed by atoms with Crippen LogP contribution in [-0.2, 0) is 0 Å². The molecule has 0 aliphatic carbocycles. The topological polar surface area (TPSA) is 14.8 Å². The van der Waals surface area contributed by atoms with Crippen LogP contribution in [-0.4, -0.2) is 13.7 Å². The van der Waals surface area contributed by atoms with Crippen molar-refractivity contribution in [1.29, 1.82) is 0 Å². The Labute approximate surface area is 374 Å². The fourth-order valence-corrected chi connectivity index (χ4v) is 10.9. The van der Waals surface area contributed by atoms with Crippen molar-refractivity contribution in [3.63, 3.8) is 0 Å². The zero-order valence-corrected chi connectivity index (χ0v) is 35.4. The first kappa shape index (κ1) is 35.9. The summed E-state index contributed by atoms with van der Waals surface area (Å²) in [4.78, 5) is 0. The van der Waals surface area contributed by atoms with Gasteiger partial charge in [0.15, 0.2) is 0 Å². The van der Waals surface area contributed by atoms with Gasteiger partial charge in [-0.15, -0.1) is 0 Å². The van der Waals surface area contributed by atoms with Gasteiger partial charge in [-0.2, -0.15) is 0 Å². The van der Waals surface area contributed by atoms with Crippen LogP contribution in [0.15, 0.2) is 237 Å². The molecule has 0 bridgehead atoms. The fraction of sp³-hybridized carbons (Fsp3) is 0. The highest BCUT2D eigenvalue weighted by atomic mass is 15.0. The highest BCUT2D eigenvalue weighted by Gasteiger charge is 2.20. The van der Waals surface area contributed by atoms with Crippen molar-refractivity contribution in [3.8, 4) is 39.3 Å². The number of fused-ring (bicyclic) bond motifs is 11. The molecule has 0 amide bonds. The maximum Gasteiger partial charge on any atom is 0.0618 e. The van der Waals surface area contributed by atoms with Gasteiger partial charge in [0.1, 0.15) is 0 Å². The van der Waals surface area contributed by atoms with Crippen molar-refractivity contribution >= 4 is 87.0 Å². The maximum absolute atomic E-state index is 2.52. The molecule has 3 heterocycles. The first-order valence-electron chi connectivity index (χ1n) is 22.4. The van der Waals surface area contributed by atoms with Gasteiger partial charge < -0.3 is 13.7 Å². The van der Waals surface area contributed by atoms with Gasteiger partial charge in [-0.1, -0.05) is 146 Å². The van der Waals surface area contributed by atoms with E-state index in [9.17, 15) is 0 Å². The summed E-state index contributed by atoms with van der Waals surface area (Å²) >= 11 is 0. The van der Waals surface area contributed by atoms with Gasteiger partial charge in [0.2, 0.25) is 0 Å². The number of rotatable bonds is 5. The third-order valence-corrected chi connectivity index (χ3v) is 13.8. The Morgan fingerprint density at radius 2 is 0.508 bits per heavy atom. The third-order valence-electron chi connectivity index (χ3n) is 13.8. The van der Waals surface area contributed by atoms with Crippen LogP contribution in [0.4, 0.5) is 0 Å². The molecule has 0 unspecified atom stereocenters. The van der Waals surface area contributed by atoms with E-state index in [1.807, 2.05) is 0 Å². The van der Waals surface area contributed by atoms with E-state index >= 15 is 0 Å². The van der Waals surface area contributed by atoms with E-state index in [0.717, 1.165) is 0 Å². The van der Waals surface area contributed by atoms with E-state index in [2.05, 4.69) is 250 Å². The van der Waals surface area contributed by atoms with Crippen molar-refractivity contribution in [1.82, 2.24) is 13.7 Å². The minimum Gasteiger partial charge on any atom is -0.309 e. The minimum absolute atomic E-state index is 1.17. The molecule has 0 aliphatic heterocycles. The molecule has 0 N–H and O–H groups in total. The molecule has 3 aromatic heterocycles. The quantitative estimate of drug-likeness (QED) is 0.154. The lowest BCUT2D eigenvalue weighted by atomic mass is 9.98. The number of nitrogens with zero attached hydrogens (tertiary/aromatic N) is 3. The second kappa shape index (κ2) is 13.9. The number of benzene rings is 11. The highest BCUT2D eigenvalue weighted by Crippen LogP contribution is 2.43. The molecule has 0 atom stereocenters. The van der Waals surface area contributed by atoms with Crippen LogP contribution in [0.3, 0.4) is 0 Å². The molecule has 14 aromatic rings. The maximum atomic E-state index is 2.52. The molecule has 11 aromatic carbocycles. The Balaban J connectivity index is 1.02. The molecular formula is C62H39N3. The second-order valence-corrected chi connectivity index (χ2v) is 17.3. The normalized spacial score (nSPS) is 12.0. The molecule has 0 fully saturated rings. The van der Waals surface area contributed by atoms with E-state index in [0.29, 0.717) is 0 Å². The van der Waals surface area contributed by atoms with Crippen LogP contribution in [0, 0.1) is 0 Å². The van der Waals surface area contributed by atoms with E-state index in [4.69, 9.17) is 0 Å².